The third-order valence-corrected chi connectivity index (χ3v) is 3.36. The molecule has 140 valence electrons. The summed E-state index contributed by atoms with van der Waals surface area (Å²) in [5, 5.41) is 2.70. The molecule has 0 bridgehead atoms. The van der Waals surface area contributed by atoms with E-state index in [9.17, 15) is 18.0 Å². The second kappa shape index (κ2) is 8.57. The van der Waals surface area contributed by atoms with Gasteiger partial charge in [0, 0.05) is 17.3 Å². The monoisotopic (exact) mass is 369 g/mol. The van der Waals surface area contributed by atoms with Crippen molar-refractivity contribution in [2.24, 2.45) is 0 Å². The molecule has 0 atom stereocenters. The summed E-state index contributed by atoms with van der Waals surface area (Å²) in [4.78, 5) is 12.3. The molecule has 0 aliphatic rings. The van der Waals surface area contributed by atoms with Crippen molar-refractivity contribution in [3.8, 4) is 11.5 Å². The van der Waals surface area contributed by atoms with Gasteiger partial charge >= 0.3 is 6.18 Å². The lowest BCUT2D eigenvalue weighted by Crippen LogP contribution is -2.16. The SMILES string of the molecule is COc1cc(OC)cc(C(=O)Nc2ccc(COCC(F)(F)F)cc2)c1. The number of halogens is 3. The number of benzene rings is 2. The Morgan fingerprint density at radius 1 is 1.00 bits per heavy atom. The lowest BCUT2D eigenvalue weighted by molar-refractivity contribution is -0.176. The Morgan fingerprint density at radius 2 is 1.58 bits per heavy atom. The van der Waals surface area contributed by atoms with Crippen molar-refractivity contribution in [2.45, 2.75) is 12.8 Å². The maximum atomic E-state index is 12.3. The first-order valence-corrected chi connectivity index (χ1v) is 7.58. The van der Waals surface area contributed by atoms with Crippen LogP contribution < -0.4 is 14.8 Å². The minimum Gasteiger partial charge on any atom is -0.497 e. The molecule has 0 fully saturated rings. The van der Waals surface area contributed by atoms with Crippen LogP contribution in [0.2, 0.25) is 0 Å². The van der Waals surface area contributed by atoms with Crippen molar-refractivity contribution >= 4 is 11.6 Å². The minimum absolute atomic E-state index is 0.166. The number of methoxy groups -OCH3 is 2. The average Bonchev–Trinajstić information content (AvgIpc) is 2.61. The molecule has 8 heteroatoms. The van der Waals surface area contributed by atoms with Crippen molar-refractivity contribution in [2.75, 3.05) is 26.1 Å². The highest BCUT2D eigenvalue weighted by Crippen LogP contribution is 2.23. The number of hydrogen-bond donors (Lipinski definition) is 1. The van der Waals surface area contributed by atoms with Gasteiger partial charge in [-0.15, -0.1) is 0 Å². The van der Waals surface area contributed by atoms with Crippen LogP contribution in [0.25, 0.3) is 0 Å². The normalized spacial score (nSPS) is 11.1. The van der Waals surface area contributed by atoms with E-state index in [4.69, 9.17) is 9.47 Å². The molecule has 0 aromatic heterocycles. The van der Waals surface area contributed by atoms with Crippen LogP contribution in [0.15, 0.2) is 42.5 Å². The largest absolute Gasteiger partial charge is 0.497 e. The molecule has 0 aliphatic heterocycles. The van der Waals surface area contributed by atoms with E-state index >= 15 is 0 Å². The molecule has 0 saturated heterocycles. The van der Waals surface area contributed by atoms with Gasteiger partial charge in [-0.2, -0.15) is 13.2 Å². The molecule has 2 rings (SSSR count). The maximum absolute atomic E-state index is 12.3. The summed E-state index contributed by atoms with van der Waals surface area (Å²) in [6.45, 7) is -1.47. The van der Waals surface area contributed by atoms with E-state index in [1.807, 2.05) is 0 Å². The van der Waals surface area contributed by atoms with Crippen molar-refractivity contribution in [3.05, 3.63) is 53.6 Å². The van der Waals surface area contributed by atoms with Gasteiger partial charge in [-0.05, 0) is 29.8 Å². The van der Waals surface area contributed by atoms with Crippen molar-refractivity contribution in [1.29, 1.82) is 0 Å². The lowest BCUT2D eigenvalue weighted by atomic mass is 10.1. The maximum Gasteiger partial charge on any atom is 0.411 e. The molecule has 0 aliphatic carbocycles. The smallest absolute Gasteiger partial charge is 0.411 e. The van der Waals surface area contributed by atoms with Crippen LogP contribution >= 0.6 is 0 Å². The fourth-order valence-electron chi connectivity index (χ4n) is 2.11. The number of hydrogen-bond acceptors (Lipinski definition) is 4. The molecule has 1 N–H and O–H groups in total. The van der Waals surface area contributed by atoms with Crippen LogP contribution in [0.4, 0.5) is 18.9 Å². The van der Waals surface area contributed by atoms with Crippen molar-refractivity contribution < 1.29 is 32.2 Å². The number of nitrogens with one attached hydrogen (secondary N) is 1. The molecular weight excluding hydrogens is 351 g/mol. The zero-order valence-electron chi connectivity index (χ0n) is 14.2. The Labute approximate surface area is 148 Å². The first kappa shape index (κ1) is 19.6. The van der Waals surface area contributed by atoms with Crippen LogP contribution in [0.5, 0.6) is 11.5 Å². The predicted octanol–water partition coefficient (Wildman–Crippen LogP) is 4.04. The molecule has 2 aromatic carbocycles. The Hall–Kier alpha value is -2.74. The molecule has 5 nitrogen and oxygen atoms in total. The molecule has 2 aromatic rings. The Morgan fingerprint density at radius 3 is 2.08 bits per heavy atom. The molecule has 0 radical (unpaired) electrons. The average molecular weight is 369 g/mol. The summed E-state index contributed by atoms with van der Waals surface area (Å²) < 4.78 is 51.0. The number of alkyl halides is 3. The summed E-state index contributed by atoms with van der Waals surface area (Å²) in [6, 6.07) is 11.1. The highest BCUT2D eigenvalue weighted by atomic mass is 19.4. The lowest BCUT2D eigenvalue weighted by Gasteiger charge is -2.10. The van der Waals surface area contributed by atoms with Crippen molar-refractivity contribution in [3.63, 3.8) is 0 Å². The molecule has 0 saturated carbocycles. The van der Waals surface area contributed by atoms with E-state index in [0.29, 0.717) is 28.3 Å². The van der Waals surface area contributed by atoms with Gasteiger partial charge in [-0.1, -0.05) is 12.1 Å². The van der Waals surface area contributed by atoms with E-state index in [1.165, 1.54) is 14.2 Å². The number of carbonyl (C=O) groups excluding carboxylic acids is 1. The molecule has 0 spiro atoms. The molecule has 0 unspecified atom stereocenters. The highest BCUT2D eigenvalue weighted by molar-refractivity contribution is 6.04. The standard InChI is InChI=1S/C18H18F3NO4/c1-24-15-7-13(8-16(9-15)25-2)17(23)22-14-5-3-12(4-6-14)10-26-11-18(19,20)21/h3-9H,10-11H2,1-2H3,(H,22,23). The van der Waals surface area contributed by atoms with Crippen LogP contribution in [0, 0.1) is 0 Å². The topological polar surface area (TPSA) is 56.8 Å². The fraction of sp³-hybridized carbons (Fsp3) is 0.278. The Bertz CT molecular complexity index is 723. The molecule has 26 heavy (non-hydrogen) atoms. The summed E-state index contributed by atoms with van der Waals surface area (Å²) in [5.41, 5.74) is 1.41. The number of rotatable bonds is 7. The zero-order chi connectivity index (χ0) is 19.2. The molecule has 1 amide bonds. The summed E-state index contributed by atoms with van der Waals surface area (Å²) in [6.07, 6.45) is -4.36. The Balaban J connectivity index is 1.99. The fourth-order valence-corrected chi connectivity index (χ4v) is 2.11. The van der Waals surface area contributed by atoms with E-state index < -0.39 is 12.8 Å². The first-order valence-electron chi connectivity index (χ1n) is 7.58. The zero-order valence-corrected chi connectivity index (χ0v) is 14.2. The van der Waals surface area contributed by atoms with Gasteiger partial charge in [0.05, 0.1) is 20.8 Å². The van der Waals surface area contributed by atoms with Gasteiger partial charge in [-0.3, -0.25) is 4.79 Å². The Kier molecular flexibility index (Phi) is 6.46. The van der Waals surface area contributed by atoms with Crippen LogP contribution in [0.1, 0.15) is 15.9 Å². The summed E-state index contributed by atoms with van der Waals surface area (Å²) in [7, 11) is 2.96. The van der Waals surface area contributed by atoms with Gasteiger partial charge in [0.2, 0.25) is 0 Å². The van der Waals surface area contributed by atoms with Gasteiger partial charge in [0.25, 0.3) is 5.91 Å². The van der Waals surface area contributed by atoms with Gasteiger partial charge in [0.1, 0.15) is 18.1 Å². The minimum atomic E-state index is -4.36. The van der Waals surface area contributed by atoms with E-state index in [-0.39, 0.29) is 12.5 Å². The third kappa shape index (κ3) is 5.96. The van der Waals surface area contributed by atoms with Gasteiger partial charge in [0.15, 0.2) is 0 Å². The second-order valence-electron chi connectivity index (χ2n) is 5.36. The molecular formula is C18H18F3NO4. The van der Waals surface area contributed by atoms with E-state index in [0.717, 1.165) is 0 Å². The first-order chi connectivity index (χ1) is 12.3. The predicted molar refractivity (Wildman–Crippen MR) is 89.7 cm³/mol. The van der Waals surface area contributed by atoms with Crippen LogP contribution in [-0.4, -0.2) is 32.9 Å². The van der Waals surface area contributed by atoms with E-state index in [1.54, 1.807) is 42.5 Å². The van der Waals surface area contributed by atoms with Gasteiger partial charge < -0.3 is 19.5 Å². The number of ether oxygens (including phenoxy) is 3. The van der Waals surface area contributed by atoms with Gasteiger partial charge in [-0.25, -0.2) is 0 Å². The van der Waals surface area contributed by atoms with E-state index in [2.05, 4.69) is 10.1 Å². The second-order valence-corrected chi connectivity index (χ2v) is 5.36. The summed E-state index contributed by atoms with van der Waals surface area (Å²) >= 11 is 0. The van der Waals surface area contributed by atoms with Crippen molar-refractivity contribution in [1.82, 2.24) is 0 Å². The number of amides is 1. The van der Waals surface area contributed by atoms with Crippen LogP contribution in [0.3, 0.4) is 0 Å². The van der Waals surface area contributed by atoms with Crippen LogP contribution in [-0.2, 0) is 11.3 Å². The molecule has 0 heterocycles. The number of anilines is 1. The quantitative estimate of drug-likeness (QED) is 0.801. The highest BCUT2D eigenvalue weighted by Gasteiger charge is 2.27. The summed E-state index contributed by atoms with van der Waals surface area (Å²) in [5.74, 6) is 0.585. The third-order valence-electron chi connectivity index (χ3n) is 3.36. The number of carbonyl (C=O) groups is 1.